The maximum absolute atomic E-state index is 13.3. The summed E-state index contributed by atoms with van der Waals surface area (Å²) in [7, 11) is 0. The fourth-order valence-electron chi connectivity index (χ4n) is 3.63. The van der Waals surface area contributed by atoms with Crippen molar-refractivity contribution in [2.45, 2.75) is 25.7 Å². The zero-order valence-electron chi connectivity index (χ0n) is 11.4. The van der Waals surface area contributed by atoms with E-state index in [4.69, 9.17) is 9.84 Å². The molecule has 20 heavy (non-hydrogen) atoms. The summed E-state index contributed by atoms with van der Waals surface area (Å²) < 4.78 is 19.2. The molecule has 3 heteroatoms. The Kier molecular flexibility index (Phi) is 3.93. The van der Waals surface area contributed by atoms with E-state index in [-0.39, 0.29) is 12.4 Å². The van der Waals surface area contributed by atoms with Gasteiger partial charge in [0.05, 0.1) is 12.2 Å². The lowest BCUT2D eigenvalue weighted by atomic mass is 9.89. The van der Waals surface area contributed by atoms with Gasteiger partial charge in [0.2, 0.25) is 0 Å². The van der Waals surface area contributed by atoms with Gasteiger partial charge in [-0.1, -0.05) is 18.3 Å². The van der Waals surface area contributed by atoms with Crippen LogP contribution in [0.2, 0.25) is 0 Å². The van der Waals surface area contributed by atoms with E-state index in [1.54, 1.807) is 6.07 Å². The zero-order valence-corrected chi connectivity index (χ0v) is 11.4. The van der Waals surface area contributed by atoms with Crippen LogP contribution in [0.15, 0.2) is 18.2 Å². The van der Waals surface area contributed by atoms with Crippen molar-refractivity contribution >= 4 is 0 Å². The summed E-state index contributed by atoms with van der Waals surface area (Å²) >= 11 is 0. The van der Waals surface area contributed by atoms with Crippen molar-refractivity contribution in [1.82, 2.24) is 0 Å². The number of halogens is 1. The highest BCUT2D eigenvalue weighted by Crippen LogP contribution is 2.48. The van der Waals surface area contributed by atoms with Gasteiger partial charge in [-0.05, 0) is 49.1 Å². The number of aliphatic hydroxyl groups is 1. The van der Waals surface area contributed by atoms with Gasteiger partial charge < -0.3 is 9.84 Å². The highest BCUT2D eigenvalue weighted by molar-refractivity contribution is 5.46. The number of fused-ring (bicyclic) bond motifs is 2. The molecular formula is C17H19FO2. The van der Waals surface area contributed by atoms with E-state index in [9.17, 15) is 4.39 Å². The summed E-state index contributed by atoms with van der Waals surface area (Å²) in [6.07, 6.45) is 5.28. The van der Waals surface area contributed by atoms with Crippen molar-refractivity contribution in [3.8, 4) is 17.6 Å². The molecule has 2 fully saturated rings. The van der Waals surface area contributed by atoms with E-state index in [1.807, 2.05) is 0 Å². The third-order valence-corrected chi connectivity index (χ3v) is 4.58. The number of rotatable bonds is 3. The van der Waals surface area contributed by atoms with Crippen molar-refractivity contribution in [1.29, 1.82) is 0 Å². The van der Waals surface area contributed by atoms with Gasteiger partial charge in [0.1, 0.15) is 18.2 Å². The van der Waals surface area contributed by atoms with Crippen LogP contribution in [-0.2, 0) is 0 Å². The molecule has 2 nitrogen and oxygen atoms in total. The number of ether oxygens (including phenoxy) is 1. The van der Waals surface area contributed by atoms with Crippen molar-refractivity contribution in [3.05, 3.63) is 29.6 Å². The standard InChI is InChI=1S/C17H19FO2/c18-16-6-5-13(2-1-7-19)17(10-16)20-11-15-9-12-3-4-14(15)8-12/h5-6,10,12,14-15,19H,3-4,7-9,11H2. The summed E-state index contributed by atoms with van der Waals surface area (Å²) in [4.78, 5) is 0. The fourth-order valence-corrected chi connectivity index (χ4v) is 3.63. The van der Waals surface area contributed by atoms with Crippen molar-refractivity contribution in [2.24, 2.45) is 17.8 Å². The van der Waals surface area contributed by atoms with Gasteiger partial charge in [0, 0.05) is 6.07 Å². The van der Waals surface area contributed by atoms with Crippen LogP contribution in [0, 0.1) is 35.4 Å². The molecule has 2 aliphatic rings. The maximum Gasteiger partial charge on any atom is 0.137 e. The smallest absolute Gasteiger partial charge is 0.137 e. The summed E-state index contributed by atoms with van der Waals surface area (Å²) in [5, 5.41) is 8.76. The van der Waals surface area contributed by atoms with E-state index < -0.39 is 0 Å². The van der Waals surface area contributed by atoms with Crippen LogP contribution < -0.4 is 4.74 Å². The van der Waals surface area contributed by atoms with Crippen LogP contribution in [0.1, 0.15) is 31.2 Å². The molecule has 106 valence electrons. The molecule has 0 amide bonds. The summed E-state index contributed by atoms with van der Waals surface area (Å²) in [5.74, 6) is 7.85. The summed E-state index contributed by atoms with van der Waals surface area (Å²) in [6, 6.07) is 4.36. The molecule has 2 bridgehead atoms. The Bertz CT molecular complexity index is 544. The largest absolute Gasteiger partial charge is 0.492 e. The Balaban J connectivity index is 1.68. The first-order valence-electron chi connectivity index (χ1n) is 7.28. The number of hydrogen-bond acceptors (Lipinski definition) is 2. The first-order chi connectivity index (χ1) is 9.76. The molecule has 3 rings (SSSR count). The van der Waals surface area contributed by atoms with E-state index in [1.165, 1.54) is 37.8 Å². The summed E-state index contributed by atoms with van der Waals surface area (Å²) in [5.41, 5.74) is 0.642. The highest BCUT2D eigenvalue weighted by Gasteiger charge is 2.39. The number of aliphatic hydroxyl groups excluding tert-OH is 1. The molecule has 3 atom stereocenters. The van der Waals surface area contributed by atoms with Gasteiger partial charge in [-0.3, -0.25) is 0 Å². The topological polar surface area (TPSA) is 29.5 Å². The predicted molar refractivity (Wildman–Crippen MR) is 74.8 cm³/mol. The molecule has 0 heterocycles. The van der Waals surface area contributed by atoms with Gasteiger partial charge in [-0.2, -0.15) is 0 Å². The molecule has 0 saturated heterocycles. The molecular weight excluding hydrogens is 255 g/mol. The number of hydrogen-bond donors (Lipinski definition) is 1. The van der Waals surface area contributed by atoms with Crippen molar-refractivity contribution < 1.29 is 14.2 Å². The van der Waals surface area contributed by atoms with Crippen LogP contribution in [0.4, 0.5) is 4.39 Å². The zero-order chi connectivity index (χ0) is 13.9. The predicted octanol–water partition coefficient (Wildman–Crippen LogP) is 2.98. The van der Waals surface area contributed by atoms with Gasteiger partial charge in [-0.25, -0.2) is 4.39 Å². The lowest BCUT2D eigenvalue weighted by molar-refractivity contribution is 0.194. The molecule has 0 spiro atoms. The fraction of sp³-hybridized carbons (Fsp3) is 0.529. The molecule has 0 radical (unpaired) electrons. The molecule has 2 aliphatic carbocycles. The summed E-state index contributed by atoms with van der Waals surface area (Å²) in [6.45, 7) is 0.446. The molecule has 1 aromatic carbocycles. The SMILES string of the molecule is OCC#Cc1ccc(F)cc1OCC1CC2CCC1C2. The average molecular weight is 274 g/mol. The minimum Gasteiger partial charge on any atom is -0.492 e. The lowest BCUT2D eigenvalue weighted by Gasteiger charge is -2.22. The van der Waals surface area contributed by atoms with E-state index in [0.29, 0.717) is 23.8 Å². The normalized spacial score (nSPS) is 27.2. The van der Waals surface area contributed by atoms with Crippen LogP contribution in [0.5, 0.6) is 5.75 Å². The van der Waals surface area contributed by atoms with Gasteiger partial charge in [-0.15, -0.1) is 0 Å². The van der Waals surface area contributed by atoms with Gasteiger partial charge >= 0.3 is 0 Å². The Morgan fingerprint density at radius 1 is 1.30 bits per heavy atom. The van der Waals surface area contributed by atoms with E-state index >= 15 is 0 Å². The molecule has 1 N–H and O–H groups in total. The van der Waals surface area contributed by atoms with Gasteiger partial charge in [0.25, 0.3) is 0 Å². The molecule has 2 saturated carbocycles. The van der Waals surface area contributed by atoms with Crippen LogP contribution in [0.25, 0.3) is 0 Å². The Hall–Kier alpha value is -1.53. The molecule has 1 aromatic rings. The molecule has 3 unspecified atom stereocenters. The molecule has 0 aliphatic heterocycles. The quantitative estimate of drug-likeness (QED) is 0.859. The first-order valence-corrected chi connectivity index (χ1v) is 7.28. The minimum atomic E-state index is -0.317. The second-order valence-electron chi connectivity index (χ2n) is 5.85. The average Bonchev–Trinajstić information content (AvgIpc) is 3.06. The highest BCUT2D eigenvalue weighted by atomic mass is 19.1. The van der Waals surface area contributed by atoms with E-state index in [2.05, 4.69) is 11.8 Å². The number of benzene rings is 1. The second kappa shape index (κ2) is 5.85. The first kappa shape index (κ1) is 13.5. The van der Waals surface area contributed by atoms with Crippen molar-refractivity contribution in [2.75, 3.05) is 13.2 Å². The van der Waals surface area contributed by atoms with E-state index in [0.717, 1.165) is 11.8 Å². The second-order valence-corrected chi connectivity index (χ2v) is 5.85. The van der Waals surface area contributed by atoms with Gasteiger partial charge in [0.15, 0.2) is 0 Å². The monoisotopic (exact) mass is 274 g/mol. The maximum atomic E-state index is 13.3. The third-order valence-electron chi connectivity index (χ3n) is 4.58. The minimum absolute atomic E-state index is 0.205. The molecule has 0 aromatic heterocycles. The third kappa shape index (κ3) is 2.81. The lowest BCUT2D eigenvalue weighted by Crippen LogP contribution is -2.18. The van der Waals surface area contributed by atoms with Crippen LogP contribution in [-0.4, -0.2) is 18.3 Å². The Morgan fingerprint density at radius 3 is 2.90 bits per heavy atom. The Morgan fingerprint density at radius 2 is 2.20 bits per heavy atom. The van der Waals surface area contributed by atoms with Crippen LogP contribution >= 0.6 is 0 Å². The van der Waals surface area contributed by atoms with Crippen LogP contribution in [0.3, 0.4) is 0 Å². The van der Waals surface area contributed by atoms with Crippen molar-refractivity contribution in [3.63, 3.8) is 0 Å². The Labute approximate surface area is 119 Å².